The van der Waals surface area contributed by atoms with E-state index in [4.69, 9.17) is 4.52 Å². The van der Waals surface area contributed by atoms with E-state index in [1.165, 1.54) is 6.33 Å². The Morgan fingerprint density at radius 1 is 1.29 bits per heavy atom. The molecule has 21 heavy (non-hydrogen) atoms. The average molecular weight is 287 g/mol. The molecule has 0 atom stereocenters. The van der Waals surface area contributed by atoms with E-state index in [9.17, 15) is 9.90 Å². The number of carbonyl (C=O) groups is 1. The van der Waals surface area contributed by atoms with Crippen LogP contribution in [0.5, 0.6) is 0 Å². The number of benzene rings is 1. The highest BCUT2D eigenvalue weighted by atomic mass is 16.5. The zero-order valence-electron chi connectivity index (χ0n) is 11.6. The van der Waals surface area contributed by atoms with Gasteiger partial charge in [-0.3, -0.25) is 9.69 Å². The molecular weight excluding hydrogens is 270 g/mol. The van der Waals surface area contributed by atoms with Crippen molar-refractivity contribution in [2.75, 3.05) is 13.1 Å². The van der Waals surface area contributed by atoms with Gasteiger partial charge in [0, 0.05) is 13.1 Å². The van der Waals surface area contributed by atoms with Crippen LogP contribution >= 0.6 is 0 Å². The number of carboxylic acids is 1. The molecule has 3 rings (SSSR count). The van der Waals surface area contributed by atoms with Crippen LogP contribution in [0.4, 0.5) is 0 Å². The Kier molecular flexibility index (Phi) is 3.70. The summed E-state index contributed by atoms with van der Waals surface area (Å²) in [4.78, 5) is 18.0. The third kappa shape index (κ3) is 2.67. The van der Waals surface area contributed by atoms with Gasteiger partial charge in [0.05, 0.1) is 12.0 Å². The van der Waals surface area contributed by atoms with Gasteiger partial charge in [0.2, 0.25) is 5.89 Å². The highest BCUT2D eigenvalue weighted by Gasteiger charge is 2.43. The van der Waals surface area contributed by atoms with E-state index in [0.717, 1.165) is 5.56 Å². The van der Waals surface area contributed by atoms with Crippen LogP contribution in [-0.4, -0.2) is 39.2 Å². The van der Waals surface area contributed by atoms with E-state index in [0.29, 0.717) is 38.4 Å². The lowest BCUT2D eigenvalue weighted by molar-refractivity contribution is -0.146. The molecule has 0 saturated carbocycles. The Morgan fingerprint density at radius 3 is 2.57 bits per heavy atom. The summed E-state index contributed by atoms with van der Waals surface area (Å²) in [5, 5.41) is 13.3. The molecule has 2 aromatic rings. The molecule has 0 radical (unpaired) electrons. The summed E-state index contributed by atoms with van der Waals surface area (Å²) >= 11 is 0. The van der Waals surface area contributed by atoms with Gasteiger partial charge in [0.15, 0.2) is 6.33 Å². The summed E-state index contributed by atoms with van der Waals surface area (Å²) in [6.07, 6.45) is 2.55. The summed E-state index contributed by atoms with van der Waals surface area (Å²) in [6, 6.07) is 9.50. The lowest BCUT2D eigenvalue weighted by atomic mass is 9.73. The molecular formula is C15H17N3O3. The number of nitrogens with zero attached hydrogens (tertiary/aromatic N) is 3. The smallest absolute Gasteiger partial charge is 0.314 e. The lowest BCUT2D eigenvalue weighted by Gasteiger charge is -2.38. The summed E-state index contributed by atoms with van der Waals surface area (Å²) in [5.41, 5.74) is 0.0991. The minimum Gasteiger partial charge on any atom is -0.481 e. The van der Waals surface area contributed by atoms with Crippen molar-refractivity contribution in [3.63, 3.8) is 0 Å². The molecule has 1 aromatic carbocycles. The monoisotopic (exact) mass is 287 g/mol. The van der Waals surface area contributed by atoms with Gasteiger partial charge in [-0.1, -0.05) is 35.5 Å². The highest BCUT2D eigenvalue weighted by Crippen LogP contribution is 2.36. The molecule has 0 amide bonds. The highest BCUT2D eigenvalue weighted by molar-refractivity contribution is 5.81. The molecule has 110 valence electrons. The van der Waals surface area contributed by atoms with Crippen molar-refractivity contribution in [1.82, 2.24) is 15.0 Å². The summed E-state index contributed by atoms with van der Waals surface area (Å²) in [5.74, 6) is -0.177. The zero-order chi connectivity index (χ0) is 14.7. The van der Waals surface area contributed by atoms with E-state index < -0.39 is 11.4 Å². The number of aromatic nitrogens is 2. The molecule has 0 spiro atoms. The molecule has 1 aliphatic heterocycles. The number of rotatable bonds is 4. The number of piperidine rings is 1. The van der Waals surface area contributed by atoms with E-state index in [2.05, 4.69) is 15.0 Å². The fraction of sp³-hybridized carbons (Fsp3) is 0.400. The molecule has 1 aliphatic rings. The molecule has 6 heteroatoms. The lowest BCUT2D eigenvalue weighted by Crippen LogP contribution is -2.47. The van der Waals surface area contributed by atoms with Crippen molar-refractivity contribution in [2.45, 2.75) is 24.8 Å². The summed E-state index contributed by atoms with van der Waals surface area (Å²) in [7, 11) is 0. The van der Waals surface area contributed by atoms with Crippen LogP contribution in [0.2, 0.25) is 0 Å². The first-order chi connectivity index (χ1) is 10.2. The molecule has 6 nitrogen and oxygen atoms in total. The van der Waals surface area contributed by atoms with Gasteiger partial charge in [-0.25, -0.2) is 0 Å². The molecule has 1 fully saturated rings. The second kappa shape index (κ2) is 5.65. The largest absolute Gasteiger partial charge is 0.481 e. The van der Waals surface area contributed by atoms with E-state index >= 15 is 0 Å². The van der Waals surface area contributed by atoms with Crippen LogP contribution in [0.3, 0.4) is 0 Å². The quantitative estimate of drug-likeness (QED) is 0.921. The Balaban J connectivity index is 1.73. The van der Waals surface area contributed by atoms with Crippen molar-refractivity contribution in [3.8, 4) is 0 Å². The van der Waals surface area contributed by atoms with Crippen molar-refractivity contribution in [1.29, 1.82) is 0 Å². The molecule has 0 aliphatic carbocycles. The molecule has 1 saturated heterocycles. The zero-order valence-corrected chi connectivity index (χ0v) is 11.6. The maximum atomic E-state index is 11.8. The van der Waals surface area contributed by atoms with Gasteiger partial charge in [-0.2, -0.15) is 4.98 Å². The molecule has 2 heterocycles. The van der Waals surface area contributed by atoms with Crippen LogP contribution < -0.4 is 0 Å². The number of aliphatic carboxylic acids is 1. The number of likely N-dealkylation sites (tertiary alicyclic amines) is 1. The van der Waals surface area contributed by atoms with Crippen molar-refractivity contribution >= 4 is 5.97 Å². The number of hydrogen-bond donors (Lipinski definition) is 1. The fourth-order valence-corrected chi connectivity index (χ4v) is 2.93. The minimum atomic E-state index is -0.785. The Labute approximate surface area is 122 Å². The molecule has 1 aromatic heterocycles. The third-order valence-corrected chi connectivity index (χ3v) is 4.21. The van der Waals surface area contributed by atoms with E-state index in [1.807, 2.05) is 30.3 Å². The Morgan fingerprint density at radius 2 is 2.00 bits per heavy atom. The van der Waals surface area contributed by atoms with Crippen molar-refractivity contribution in [3.05, 3.63) is 48.1 Å². The first-order valence-corrected chi connectivity index (χ1v) is 6.97. The first-order valence-electron chi connectivity index (χ1n) is 6.97. The Bertz CT molecular complexity index is 590. The van der Waals surface area contributed by atoms with Crippen LogP contribution in [0.15, 0.2) is 41.2 Å². The minimum absolute atomic E-state index is 0.567. The van der Waals surface area contributed by atoms with Gasteiger partial charge in [-0.15, -0.1) is 0 Å². The number of carboxylic acid groups (broad SMARTS) is 1. The van der Waals surface area contributed by atoms with Gasteiger partial charge in [0.1, 0.15) is 0 Å². The standard InChI is InChI=1S/C15H17N3O3/c19-14(20)15(12-4-2-1-3-5-12)6-8-18(9-7-15)10-13-16-11-17-21-13/h1-5,11H,6-10H2,(H,19,20). The second-order valence-electron chi connectivity index (χ2n) is 5.36. The normalized spacial score (nSPS) is 18.5. The maximum absolute atomic E-state index is 11.8. The second-order valence-corrected chi connectivity index (χ2v) is 5.36. The van der Waals surface area contributed by atoms with Crippen LogP contribution in [0.25, 0.3) is 0 Å². The topological polar surface area (TPSA) is 79.5 Å². The first kappa shape index (κ1) is 13.8. The molecule has 0 unspecified atom stereocenters. The molecule has 1 N–H and O–H groups in total. The van der Waals surface area contributed by atoms with Gasteiger partial charge < -0.3 is 9.63 Å². The van der Waals surface area contributed by atoms with Gasteiger partial charge >= 0.3 is 5.97 Å². The predicted molar refractivity (Wildman–Crippen MR) is 74.6 cm³/mol. The van der Waals surface area contributed by atoms with E-state index in [1.54, 1.807) is 0 Å². The maximum Gasteiger partial charge on any atom is 0.314 e. The third-order valence-electron chi connectivity index (χ3n) is 4.21. The number of hydrogen-bond acceptors (Lipinski definition) is 5. The van der Waals surface area contributed by atoms with Crippen molar-refractivity contribution < 1.29 is 14.4 Å². The van der Waals surface area contributed by atoms with Crippen LogP contribution in [0.1, 0.15) is 24.3 Å². The summed E-state index contributed by atoms with van der Waals surface area (Å²) < 4.78 is 5.00. The summed E-state index contributed by atoms with van der Waals surface area (Å²) in [6.45, 7) is 1.97. The van der Waals surface area contributed by atoms with Crippen LogP contribution in [-0.2, 0) is 16.8 Å². The molecule has 0 bridgehead atoms. The average Bonchev–Trinajstić information content (AvgIpc) is 3.02. The van der Waals surface area contributed by atoms with Crippen molar-refractivity contribution in [2.24, 2.45) is 0 Å². The van der Waals surface area contributed by atoms with E-state index in [-0.39, 0.29) is 0 Å². The Hall–Kier alpha value is -2.21. The van der Waals surface area contributed by atoms with Gasteiger partial charge in [0.25, 0.3) is 0 Å². The van der Waals surface area contributed by atoms with Crippen LogP contribution in [0, 0.1) is 0 Å². The predicted octanol–water partition coefficient (Wildman–Crippen LogP) is 1.69. The SMILES string of the molecule is O=C(O)C1(c2ccccc2)CCN(Cc2ncno2)CC1. The fourth-order valence-electron chi connectivity index (χ4n) is 2.93. The van der Waals surface area contributed by atoms with Gasteiger partial charge in [-0.05, 0) is 18.4 Å².